The Kier molecular flexibility index (Phi) is 5.67. The van der Waals surface area contributed by atoms with E-state index in [9.17, 15) is 27.2 Å². The fourth-order valence-electron chi connectivity index (χ4n) is 4.43. The number of aromatic nitrogens is 2. The minimum Gasteiger partial charge on any atom is -0.481 e. The summed E-state index contributed by atoms with van der Waals surface area (Å²) in [6.07, 6.45) is -3.53. The zero-order valence-corrected chi connectivity index (χ0v) is 19.1. The highest BCUT2D eigenvalue weighted by Crippen LogP contribution is 2.53. The van der Waals surface area contributed by atoms with Gasteiger partial charge in [0, 0.05) is 30.2 Å². The second kappa shape index (κ2) is 8.45. The molecule has 2 fully saturated rings. The maximum atomic E-state index is 14.4. The Hall–Kier alpha value is -3.25. The Morgan fingerprint density at radius 2 is 1.94 bits per heavy atom. The summed E-state index contributed by atoms with van der Waals surface area (Å²) >= 11 is 7.25. The zero-order chi connectivity index (χ0) is 25.1. The molecule has 1 aromatic carbocycles. The molecule has 1 aliphatic carbocycles. The number of piperidine rings is 1. The second-order valence-corrected chi connectivity index (χ2v) is 9.55. The van der Waals surface area contributed by atoms with Gasteiger partial charge in [-0.1, -0.05) is 17.7 Å². The first-order valence-corrected chi connectivity index (χ1v) is 11.6. The number of nitrogens with one attached hydrogen (secondary N) is 1. The third-order valence-corrected chi connectivity index (χ3v) is 7.20. The number of thiazole rings is 1. The molecule has 182 valence electrons. The predicted octanol–water partition coefficient (Wildman–Crippen LogP) is 5.04. The number of hydrogen-bond donors (Lipinski definition) is 2. The molecule has 13 heteroatoms. The highest BCUT2D eigenvalue weighted by atomic mass is 35.5. The first-order chi connectivity index (χ1) is 16.5. The number of fused-ring (bicyclic) bond motifs is 1. The number of nitrogens with zero attached hydrogens (tertiary/aromatic N) is 3. The number of benzene rings is 1. The summed E-state index contributed by atoms with van der Waals surface area (Å²) in [6, 6.07) is 4.32. The minimum atomic E-state index is -4.85. The third kappa shape index (κ3) is 4.31. The molecule has 5 rings (SSSR count). The van der Waals surface area contributed by atoms with Gasteiger partial charge in [-0.2, -0.15) is 13.2 Å². The van der Waals surface area contributed by atoms with E-state index >= 15 is 0 Å². The summed E-state index contributed by atoms with van der Waals surface area (Å²) in [6.45, 7) is 1.04. The molecule has 0 radical (unpaired) electrons. The molecule has 0 spiro atoms. The molecule has 0 bridgehead atoms. The largest absolute Gasteiger partial charge is 0.481 e. The lowest BCUT2D eigenvalue weighted by atomic mass is 10.1. The molecular formula is C22H15ClF4N4O3S. The Morgan fingerprint density at radius 1 is 1.23 bits per heavy atom. The maximum absolute atomic E-state index is 14.4. The van der Waals surface area contributed by atoms with Crippen LogP contribution < -0.4 is 10.2 Å². The van der Waals surface area contributed by atoms with Gasteiger partial charge in [0.2, 0.25) is 0 Å². The van der Waals surface area contributed by atoms with Crippen molar-refractivity contribution in [3.8, 4) is 11.3 Å². The molecular weight excluding hydrogens is 512 g/mol. The molecule has 3 heterocycles. The lowest BCUT2D eigenvalue weighted by Crippen LogP contribution is -2.27. The van der Waals surface area contributed by atoms with Gasteiger partial charge in [-0.15, -0.1) is 11.3 Å². The summed E-state index contributed by atoms with van der Waals surface area (Å²) < 4.78 is 53.3. The lowest BCUT2D eigenvalue weighted by molar-refractivity contribution is -0.140. The first-order valence-electron chi connectivity index (χ1n) is 10.3. The molecule has 3 atom stereocenters. The van der Waals surface area contributed by atoms with Crippen LogP contribution in [0.5, 0.6) is 0 Å². The van der Waals surface area contributed by atoms with Crippen LogP contribution in [-0.4, -0.2) is 40.0 Å². The van der Waals surface area contributed by atoms with Crippen molar-refractivity contribution in [2.75, 3.05) is 23.3 Å². The zero-order valence-electron chi connectivity index (χ0n) is 17.5. The first kappa shape index (κ1) is 23.5. The fraction of sp³-hybridized carbons (Fsp3) is 0.273. The maximum Gasteiger partial charge on any atom is 0.419 e. The Morgan fingerprint density at radius 3 is 2.57 bits per heavy atom. The normalized spacial score (nSPS) is 21.1. The number of aliphatic carboxylic acids is 1. The smallest absolute Gasteiger partial charge is 0.419 e. The van der Waals surface area contributed by atoms with Crippen molar-refractivity contribution in [1.29, 1.82) is 0 Å². The van der Waals surface area contributed by atoms with Crippen LogP contribution >= 0.6 is 22.9 Å². The number of amides is 1. The molecule has 1 saturated heterocycles. The van der Waals surface area contributed by atoms with Gasteiger partial charge >= 0.3 is 12.1 Å². The van der Waals surface area contributed by atoms with Crippen LogP contribution in [0.2, 0.25) is 5.02 Å². The van der Waals surface area contributed by atoms with Crippen molar-refractivity contribution >= 4 is 45.8 Å². The predicted molar refractivity (Wildman–Crippen MR) is 120 cm³/mol. The summed E-state index contributed by atoms with van der Waals surface area (Å²) in [5, 5.41) is 13.3. The molecule has 3 aromatic rings. The second-order valence-electron chi connectivity index (χ2n) is 8.28. The lowest BCUT2D eigenvalue weighted by Gasteiger charge is -2.21. The fourth-order valence-corrected chi connectivity index (χ4v) is 5.42. The molecule has 2 N–H and O–H groups in total. The van der Waals surface area contributed by atoms with E-state index in [1.807, 2.05) is 4.90 Å². The van der Waals surface area contributed by atoms with E-state index in [1.165, 1.54) is 23.7 Å². The van der Waals surface area contributed by atoms with Crippen molar-refractivity contribution in [3.63, 3.8) is 0 Å². The standard InChI is InChI=1S/C22H15ClF4N4O3S/c23-14-4-9(5-28-18(14)31-6-11-12(7-31)16(11)20(33)34)19(32)30-21-29-15(8-35-21)10-2-1-3-13(17(10)24)22(25,26)27/h1-5,8,11-12,16H,6-7H2,(H,33,34)(H,29,30,32)/t11-,12+,16?. The third-order valence-electron chi connectivity index (χ3n) is 6.17. The van der Waals surface area contributed by atoms with Crippen molar-refractivity contribution in [3.05, 3.63) is 57.8 Å². The quantitative estimate of drug-likeness (QED) is 0.453. The highest BCUT2D eigenvalue weighted by molar-refractivity contribution is 7.14. The van der Waals surface area contributed by atoms with E-state index in [1.54, 1.807) is 0 Å². The van der Waals surface area contributed by atoms with Crippen molar-refractivity contribution in [2.24, 2.45) is 17.8 Å². The van der Waals surface area contributed by atoms with Crippen LogP contribution in [0.1, 0.15) is 15.9 Å². The Labute approximate surface area is 204 Å². The van der Waals surface area contributed by atoms with Crippen LogP contribution in [0.25, 0.3) is 11.3 Å². The van der Waals surface area contributed by atoms with Gasteiger partial charge < -0.3 is 10.0 Å². The van der Waals surface area contributed by atoms with Gasteiger partial charge in [0.05, 0.1) is 27.8 Å². The summed E-state index contributed by atoms with van der Waals surface area (Å²) in [5.41, 5.74) is -1.66. The number of carboxylic acid groups (broad SMARTS) is 1. The summed E-state index contributed by atoms with van der Waals surface area (Å²) in [4.78, 5) is 33.9. The number of carboxylic acids is 1. The van der Waals surface area contributed by atoms with E-state index in [2.05, 4.69) is 15.3 Å². The van der Waals surface area contributed by atoms with Crippen LogP contribution in [0, 0.1) is 23.6 Å². The van der Waals surface area contributed by atoms with Crippen molar-refractivity contribution in [1.82, 2.24) is 9.97 Å². The molecule has 1 unspecified atom stereocenters. The van der Waals surface area contributed by atoms with Crippen molar-refractivity contribution in [2.45, 2.75) is 6.18 Å². The summed E-state index contributed by atoms with van der Waals surface area (Å²) in [5.74, 6) is -2.59. The Balaban J connectivity index is 1.28. The number of anilines is 2. The van der Waals surface area contributed by atoms with Crippen molar-refractivity contribution < 1.29 is 32.3 Å². The number of pyridine rings is 1. The van der Waals surface area contributed by atoms with Crippen LogP contribution in [-0.2, 0) is 11.0 Å². The number of rotatable bonds is 5. The molecule has 2 aliphatic rings. The monoisotopic (exact) mass is 526 g/mol. The average Bonchev–Trinajstić information content (AvgIpc) is 3.09. The van der Waals surface area contributed by atoms with Crippen LogP contribution in [0.15, 0.2) is 35.8 Å². The summed E-state index contributed by atoms with van der Waals surface area (Å²) in [7, 11) is 0. The molecule has 7 nitrogen and oxygen atoms in total. The van der Waals surface area contributed by atoms with Crippen LogP contribution in [0.3, 0.4) is 0 Å². The number of alkyl halides is 3. The Bertz CT molecular complexity index is 1340. The number of carbonyl (C=O) groups is 2. The highest BCUT2D eigenvalue weighted by Gasteiger charge is 2.60. The van der Waals surface area contributed by atoms with Gasteiger partial charge in [0.1, 0.15) is 11.6 Å². The number of hydrogen-bond acceptors (Lipinski definition) is 6. The molecule has 1 amide bonds. The van der Waals surface area contributed by atoms with E-state index in [0.717, 1.165) is 17.4 Å². The molecule has 1 aliphatic heterocycles. The van der Waals surface area contributed by atoms with Gasteiger partial charge in [0.15, 0.2) is 5.13 Å². The molecule has 2 aromatic heterocycles. The number of carbonyl (C=O) groups excluding carboxylic acids is 1. The molecule has 1 saturated carbocycles. The van der Waals surface area contributed by atoms with Gasteiger partial charge in [-0.3, -0.25) is 14.9 Å². The molecule has 35 heavy (non-hydrogen) atoms. The topological polar surface area (TPSA) is 95.4 Å². The van der Waals surface area contributed by atoms with Gasteiger partial charge in [-0.05, 0) is 30.0 Å². The van der Waals surface area contributed by atoms with Gasteiger partial charge in [-0.25, -0.2) is 14.4 Å². The minimum absolute atomic E-state index is 0.0485. The number of halogens is 5. The van der Waals surface area contributed by atoms with E-state index in [4.69, 9.17) is 16.7 Å². The SMILES string of the molecule is O=C(Nc1nc(-c2cccc(C(F)(F)F)c2F)cs1)c1cnc(N2C[C@@H]3C(C(=O)O)[C@@H]3C2)c(Cl)c1. The van der Waals surface area contributed by atoms with Crippen LogP contribution in [0.4, 0.5) is 28.5 Å². The van der Waals surface area contributed by atoms with E-state index in [0.29, 0.717) is 25.0 Å². The van der Waals surface area contributed by atoms with E-state index in [-0.39, 0.29) is 44.7 Å². The average molecular weight is 527 g/mol. The van der Waals surface area contributed by atoms with E-state index < -0.39 is 29.4 Å². The van der Waals surface area contributed by atoms with Gasteiger partial charge in [0.25, 0.3) is 5.91 Å².